The van der Waals surface area contributed by atoms with E-state index in [4.69, 9.17) is 14.2 Å². The van der Waals surface area contributed by atoms with Crippen molar-refractivity contribution in [3.8, 4) is 0 Å². The van der Waals surface area contributed by atoms with Crippen molar-refractivity contribution in [2.75, 3.05) is 34.0 Å². The molecule has 1 aromatic rings. The van der Waals surface area contributed by atoms with Gasteiger partial charge in [-0.1, -0.05) is 12.1 Å². The fourth-order valence-corrected chi connectivity index (χ4v) is 3.50. The first kappa shape index (κ1) is 17.3. The van der Waals surface area contributed by atoms with Gasteiger partial charge >= 0.3 is 0 Å². The Morgan fingerprint density at radius 2 is 2.12 bits per heavy atom. The summed E-state index contributed by atoms with van der Waals surface area (Å²) in [6.07, 6.45) is 1.24. The van der Waals surface area contributed by atoms with Crippen LogP contribution in [-0.2, 0) is 24.4 Å². The molecule has 1 heterocycles. The molecule has 6 heteroatoms. The summed E-state index contributed by atoms with van der Waals surface area (Å²) >= 11 is 0. The minimum atomic E-state index is -0.582. The monoisotopic (exact) mass is 337 g/mol. The zero-order chi connectivity index (χ0) is 17.2. The van der Waals surface area contributed by atoms with Crippen LogP contribution in [0.2, 0.25) is 0 Å². The third kappa shape index (κ3) is 3.31. The topological polar surface area (TPSA) is 56.8 Å². The third-order valence-electron chi connectivity index (χ3n) is 5.11. The molecule has 0 bridgehead atoms. The molecular formula is C18H24FNO4. The average Bonchev–Trinajstić information content (AvgIpc) is 3.41. The number of carbonyl (C=O) groups is 1. The highest BCUT2D eigenvalue weighted by Crippen LogP contribution is 2.48. The molecule has 1 N–H and O–H groups in total. The number of halogens is 1. The fourth-order valence-electron chi connectivity index (χ4n) is 3.50. The molecule has 3 rings (SSSR count). The van der Waals surface area contributed by atoms with E-state index in [9.17, 15) is 9.18 Å². The summed E-state index contributed by atoms with van der Waals surface area (Å²) in [4.78, 5) is 12.7. The Morgan fingerprint density at radius 3 is 2.75 bits per heavy atom. The summed E-state index contributed by atoms with van der Waals surface area (Å²) in [7, 11) is 3.27. The summed E-state index contributed by atoms with van der Waals surface area (Å²) < 4.78 is 29.9. The Morgan fingerprint density at radius 1 is 1.33 bits per heavy atom. The van der Waals surface area contributed by atoms with Gasteiger partial charge in [0.1, 0.15) is 11.9 Å². The van der Waals surface area contributed by atoms with Gasteiger partial charge in [0.25, 0.3) is 0 Å². The van der Waals surface area contributed by atoms with Gasteiger partial charge in [0.15, 0.2) is 0 Å². The van der Waals surface area contributed by atoms with Gasteiger partial charge in [0.05, 0.1) is 24.7 Å². The first-order valence-electron chi connectivity index (χ1n) is 8.28. The maximum atomic E-state index is 13.5. The molecule has 0 unspecified atom stereocenters. The van der Waals surface area contributed by atoms with Crippen LogP contribution in [0.15, 0.2) is 24.3 Å². The molecule has 3 atom stereocenters. The molecule has 24 heavy (non-hydrogen) atoms. The number of ether oxygens (including phenoxy) is 3. The molecule has 1 aliphatic heterocycles. The number of benzene rings is 1. The standard InChI is InChI=1S/C18H24FNO4/c1-22-15-11-24-10-12(16(15)23-2)9-20-17(21)18(6-7-18)13-4-3-5-14(19)8-13/h3-5,8,12,15-16H,6-7,9-11H2,1-2H3,(H,20,21)/t12-,15-,16+/m1/s1. The molecule has 0 radical (unpaired) electrons. The van der Waals surface area contributed by atoms with E-state index in [1.54, 1.807) is 20.3 Å². The Balaban J connectivity index is 1.63. The average molecular weight is 337 g/mol. The number of amides is 1. The van der Waals surface area contributed by atoms with Crippen LogP contribution in [0.3, 0.4) is 0 Å². The van der Waals surface area contributed by atoms with Gasteiger partial charge in [-0.2, -0.15) is 0 Å². The maximum absolute atomic E-state index is 13.5. The van der Waals surface area contributed by atoms with Crippen LogP contribution in [0.4, 0.5) is 4.39 Å². The molecule has 1 aromatic carbocycles. The lowest BCUT2D eigenvalue weighted by molar-refractivity contribution is -0.147. The Bertz CT molecular complexity index is 590. The van der Waals surface area contributed by atoms with E-state index in [-0.39, 0.29) is 29.9 Å². The Labute approximate surface area is 141 Å². The number of hydrogen-bond acceptors (Lipinski definition) is 4. The molecular weight excluding hydrogens is 313 g/mol. The second kappa shape index (κ2) is 7.17. The van der Waals surface area contributed by atoms with Crippen molar-refractivity contribution in [1.82, 2.24) is 5.32 Å². The first-order chi connectivity index (χ1) is 11.6. The summed E-state index contributed by atoms with van der Waals surface area (Å²) in [5.41, 5.74) is 0.166. The number of hydrogen-bond donors (Lipinski definition) is 1. The van der Waals surface area contributed by atoms with Crippen molar-refractivity contribution in [1.29, 1.82) is 0 Å². The molecule has 0 aromatic heterocycles. The van der Waals surface area contributed by atoms with Crippen LogP contribution in [0, 0.1) is 11.7 Å². The second-order valence-corrected chi connectivity index (χ2v) is 6.57. The van der Waals surface area contributed by atoms with E-state index in [0.29, 0.717) is 19.8 Å². The van der Waals surface area contributed by atoms with E-state index >= 15 is 0 Å². The van der Waals surface area contributed by atoms with Gasteiger partial charge in [0, 0.05) is 26.7 Å². The van der Waals surface area contributed by atoms with Crippen LogP contribution in [0.25, 0.3) is 0 Å². The van der Waals surface area contributed by atoms with Crippen molar-refractivity contribution in [2.24, 2.45) is 5.92 Å². The van der Waals surface area contributed by atoms with Gasteiger partial charge in [-0.25, -0.2) is 4.39 Å². The highest BCUT2D eigenvalue weighted by Gasteiger charge is 2.51. The van der Waals surface area contributed by atoms with Crippen molar-refractivity contribution >= 4 is 5.91 Å². The van der Waals surface area contributed by atoms with E-state index in [1.165, 1.54) is 12.1 Å². The van der Waals surface area contributed by atoms with Crippen molar-refractivity contribution in [3.05, 3.63) is 35.6 Å². The molecule has 132 valence electrons. The van der Waals surface area contributed by atoms with Crippen LogP contribution in [-0.4, -0.2) is 52.1 Å². The SMILES string of the molecule is CO[C@H]1[C@H](CNC(=O)C2(c3cccc(F)c3)CC2)COC[C@H]1OC. The fraction of sp³-hybridized carbons (Fsp3) is 0.611. The zero-order valence-corrected chi connectivity index (χ0v) is 14.1. The zero-order valence-electron chi connectivity index (χ0n) is 14.1. The maximum Gasteiger partial charge on any atom is 0.230 e. The molecule has 2 aliphatic rings. The highest BCUT2D eigenvalue weighted by atomic mass is 19.1. The van der Waals surface area contributed by atoms with E-state index < -0.39 is 5.41 Å². The lowest BCUT2D eigenvalue weighted by Gasteiger charge is -2.36. The predicted molar refractivity (Wildman–Crippen MR) is 86.2 cm³/mol. The Kier molecular flexibility index (Phi) is 5.18. The van der Waals surface area contributed by atoms with E-state index in [1.807, 2.05) is 6.07 Å². The largest absolute Gasteiger partial charge is 0.378 e. The van der Waals surface area contributed by atoms with Crippen LogP contribution in [0.1, 0.15) is 18.4 Å². The molecule has 0 spiro atoms. The van der Waals surface area contributed by atoms with Gasteiger partial charge in [-0.05, 0) is 30.5 Å². The first-order valence-corrected chi connectivity index (χ1v) is 8.28. The smallest absolute Gasteiger partial charge is 0.230 e. The van der Waals surface area contributed by atoms with Gasteiger partial charge in [-0.3, -0.25) is 4.79 Å². The quantitative estimate of drug-likeness (QED) is 0.858. The number of nitrogens with one attached hydrogen (secondary N) is 1. The van der Waals surface area contributed by atoms with Crippen molar-refractivity contribution in [2.45, 2.75) is 30.5 Å². The van der Waals surface area contributed by atoms with Crippen molar-refractivity contribution in [3.63, 3.8) is 0 Å². The number of rotatable bonds is 6. The summed E-state index contributed by atoms with van der Waals surface area (Å²) in [6, 6.07) is 6.32. The van der Waals surface area contributed by atoms with Gasteiger partial charge in [-0.15, -0.1) is 0 Å². The van der Waals surface area contributed by atoms with Gasteiger partial charge < -0.3 is 19.5 Å². The number of carbonyl (C=O) groups excluding carboxylic acids is 1. The van der Waals surface area contributed by atoms with Crippen LogP contribution < -0.4 is 5.32 Å². The summed E-state index contributed by atoms with van der Waals surface area (Å²) in [5.74, 6) is -0.335. The van der Waals surface area contributed by atoms with Gasteiger partial charge in [0.2, 0.25) is 5.91 Å². The molecule has 1 saturated heterocycles. The lowest BCUT2D eigenvalue weighted by atomic mass is 9.93. The lowest BCUT2D eigenvalue weighted by Crippen LogP contribution is -2.51. The summed E-state index contributed by atoms with van der Waals surface area (Å²) in [5, 5.41) is 3.01. The van der Waals surface area contributed by atoms with Crippen LogP contribution >= 0.6 is 0 Å². The molecule has 1 aliphatic carbocycles. The predicted octanol–water partition coefficient (Wildman–Crippen LogP) is 1.65. The minimum absolute atomic E-state index is 0.0287. The van der Waals surface area contributed by atoms with Crippen LogP contribution in [0.5, 0.6) is 0 Å². The molecule has 2 fully saturated rings. The minimum Gasteiger partial charge on any atom is -0.378 e. The summed E-state index contributed by atoms with van der Waals surface area (Å²) in [6.45, 7) is 1.46. The molecule has 1 amide bonds. The Hall–Kier alpha value is -1.50. The van der Waals surface area contributed by atoms with Crippen molar-refractivity contribution < 1.29 is 23.4 Å². The normalized spacial score (nSPS) is 28.4. The molecule has 5 nitrogen and oxygen atoms in total. The van der Waals surface area contributed by atoms with E-state index in [0.717, 1.165) is 18.4 Å². The third-order valence-corrected chi connectivity index (χ3v) is 5.11. The second-order valence-electron chi connectivity index (χ2n) is 6.57. The van der Waals surface area contributed by atoms with E-state index in [2.05, 4.69) is 5.32 Å². The number of methoxy groups -OCH3 is 2. The highest BCUT2D eigenvalue weighted by molar-refractivity contribution is 5.91. The molecule has 1 saturated carbocycles.